The van der Waals surface area contributed by atoms with Crippen LogP contribution in [-0.4, -0.2) is 18.7 Å². The number of hydrogen-bond donors (Lipinski definition) is 0. The van der Waals surface area contributed by atoms with E-state index in [1.165, 1.54) is 9.13 Å². The molecule has 4 rings (SSSR count). The third kappa shape index (κ3) is 3.73. The molecule has 154 valence electrons. The topological polar surface area (TPSA) is 71.1 Å². The maximum absolute atomic E-state index is 13.2. The first-order chi connectivity index (χ1) is 14.3. The summed E-state index contributed by atoms with van der Waals surface area (Å²) >= 11 is 12.8. The molecule has 0 unspecified atom stereocenters. The second-order valence-electron chi connectivity index (χ2n) is 6.66. The Morgan fingerprint density at radius 2 is 1.73 bits per heavy atom. The van der Waals surface area contributed by atoms with Crippen LogP contribution >= 0.6 is 43.5 Å². The van der Waals surface area contributed by atoms with Gasteiger partial charge in [-0.15, -0.1) is 0 Å². The summed E-state index contributed by atoms with van der Waals surface area (Å²) in [7, 11) is 3.25. The molecule has 10 heteroatoms. The highest BCUT2D eigenvalue weighted by Gasteiger charge is 2.20. The minimum atomic E-state index is -0.461. The molecule has 0 saturated carbocycles. The smallest absolute Gasteiger partial charge is 0.332 e. The standard InChI is InChI=1S/C20H15Br2ClN4O3/c1-25-16-17(24-19(25)30-15-8-5-12(21)9-14(15)22)26(2)20(29)27(18(16)28)10-11-3-6-13(23)7-4-11/h3-9H,10H2,1-2H3. The number of imidazole rings is 1. The monoisotopic (exact) mass is 552 g/mol. The number of benzene rings is 2. The van der Waals surface area contributed by atoms with Crippen molar-refractivity contribution < 1.29 is 4.74 Å². The van der Waals surface area contributed by atoms with E-state index in [0.717, 1.165) is 14.5 Å². The van der Waals surface area contributed by atoms with E-state index in [0.29, 0.717) is 10.8 Å². The first-order valence-electron chi connectivity index (χ1n) is 8.80. The van der Waals surface area contributed by atoms with Crippen LogP contribution in [0.1, 0.15) is 5.56 Å². The van der Waals surface area contributed by atoms with E-state index in [1.54, 1.807) is 49.0 Å². The second kappa shape index (κ2) is 8.05. The van der Waals surface area contributed by atoms with Crippen molar-refractivity contribution in [2.45, 2.75) is 6.54 Å². The zero-order chi connectivity index (χ0) is 21.6. The van der Waals surface area contributed by atoms with Crippen LogP contribution in [0, 0.1) is 0 Å². The van der Waals surface area contributed by atoms with Crippen LogP contribution in [0.4, 0.5) is 0 Å². The minimum absolute atomic E-state index is 0.123. The maximum atomic E-state index is 13.2. The normalized spacial score (nSPS) is 11.2. The van der Waals surface area contributed by atoms with Gasteiger partial charge >= 0.3 is 11.7 Å². The van der Waals surface area contributed by atoms with Crippen LogP contribution in [0.25, 0.3) is 11.2 Å². The predicted octanol–water partition coefficient (Wildman–Crippen LogP) is 4.45. The van der Waals surface area contributed by atoms with E-state index in [1.807, 2.05) is 12.1 Å². The Kier molecular flexibility index (Phi) is 5.61. The van der Waals surface area contributed by atoms with Crippen LogP contribution in [0.2, 0.25) is 5.02 Å². The Morgan fingerprint density at radius 3 is 2.40 bits per heavy atom. The molecule has 0 N–H and O–H groups in total. The van der Waals surface area contributed by atoms with Gasteiger partial charge in [-0.3, -0.25) is 18.5 Å². The minimum Gasteiger partial charge on any atom is -0.424 e. The van der Waals surface area contributed by atoms with Gasteiger partial charge in [-0.2, -0.15) is 4.98 Å². The van der Waals surface area contributed by atoms with Crippen molar-refractivity contribution in [3.63, 3.8) is 0 Å². The lowest BCUT2D eigenvalue weighted by molar-refractivity contribution is 0.425. The first kappa shape index (κ1) is 20.9. The molecular weight excluding hydrogens is 540 g/mol. The summed E-state index contributed by atoms with van der Waals surface area (Å²) in [6, 6.07) is 12.6. The highest BCUT2D eigenvalue weighted by atomic mass is 79.9. The molecule has 0 aliphatic heterocycles. The Balaban J connectivity index is 1.83. The number of ether oxygens (including phenoxy) is 1. The zero-order valence-corrected chi connectivity index (χ0v) is 19.8. The molecule has 0 aliphatic rings. The molecule has 0 bridgehead atoms. The number of halogens is 3. The van der Waals surface area contributed by atoms with Gasteiger partial charge in [0.25, 0.3) is 5.56 Å². The fraction of sp³-hybridized carbons (Fsp3) is 0.150. The Morgan fingerprint density at radius 1 is 1.03 bits per heavy atom. The van der Waals surface area contributed by atoms with Crippen LogP contribution in [0.15, 0.2) is 61.0 Å². The highest BCUT2D eigenvalue weighted by molar-refractivity contribution is 9.11. The Hall–Kier alpha value is -2.36. The van der Waals surface area contributed by atoms with Crippen molar-refractivity contribution >= 4 is 54.6 Å². The number of aryl methyl sites for hydroxylation is 2. The lowest BCUT2D eigenvalue weighted by atomic mass is 10.2. The summed E-state index contributed by atoms with van der Waals surface area (Å²) in [5.74, 6) is 0.531. The molecule has 2 aromatic heterocycles. The van der Waals surface area contributed by atoms with Gasteiger partial charge in [0.1, 0.15) is 5.75 Å². The first-order valence-corrected chi connectivity index (χ1v) is 10.8. The number of nitrogens with zero attached hydrogens (tertiary/aromatic N) is 4. The summed E-state index contributed by atoms with van der Waals surface area (Å²) in [4.78, 5) is 30.4. The van der Waals surface area contributed by atoms with Gasteiger partial charge in [0.2, 0.25) is 0 Å². The molecule has 0 aliphatic carbocycles. The second-order valence-corrected chi connectivity index (χ2v) is 8.87. The van der Waals surface area contributed by atoms with Gasteiger partial charge in [-0.1, -0.05) is 39.7 Å². The summed E-state index contributed by atoms with van der Waals surface area (Å²) in [6.07, 6.45) is 0. The average molecular weight is 555 g/mol. The van der Waals surface area contributed by atoms with Crippen molar-refractivity contribution in [1.82, 2.24) is 18.7 Å². The SMILES string of the molecule is Cn1c(Oc2ccc(Br)cc2Br)nc2c1c(=O)n(Cc1ccc(Cl)cc1)c(=O)n2C. The predicted molar refractivity (Wildman–Crippen MR) is 123 cm³/mol. The quantitative estimate of drug-likeness (QED) is 0.374. The van der Waals surface area contributed by atoms with E-state index in [-0.39, 0.29) is 23.7 Å². The fourth-order valence-corrected chi connectivity index (χ4v) is 4.34. The van der Waals surface area contributed by atoms with Crippen LogP contribution in [-0.2, 0) is 20.6 Å². The van der Waals surface area contributed by atoms with Gasteiger partial charge < -0.3 is 4.74 Å². The lowest BCUT2D eigenvalue weighted by Crippen LogP contribution is -2.39. The van der Waals surface area contributed by atoms with Crippen molar-refractivity contribution in [2.75, 3.05) is 0 Å². The largest absolute Gasteiger partial charge is 0.424 e. The van der Waals surface area contributed by atoms with Gasteiger partial charge in [0.15, 0.2) is 11.2 Å². The van der Waals surface area contributed by atoms with E-state index in [2.05, 4.69) is 36.8 Å². The van der Waals surface area contributed by atoms with Crippen molar-refractivity contribution in [3.8, 4) is 11.8 Å². The van der Waals surface area contributed by atoms with E-state index in [9.17, 15) is 9.59 Å². The molecule has 0 atom stereocenters. The number of rotatable bonds is 4. The summed E-state index contributed by atoms with van der Waals surface area (Å²) in [5.41, 5.74) is 0.410. The molecule has 0 spiro atoms. The molecule has 0 radical (unpaired) electrons. The zero-order valence-electron chi connectivity index (χ0n) is 15.9. The average Bonchev–Trinajstić information content (AvgIpc) is 3.03. The molecule has 2 heterocycles. The van der Waals surface area contributed by atoms with Gasteiger partial charge in [0.05, 0.1) is 11.0 Å². The van der Waals surface area contributed by atoms with Crippen molar-refractivity contribution in [2.24, 2.45) is 14.1 Å². The van der Waals surface area contributed by atoms with Crippen LogP contribution < -0.4 is 16.0 Å². The third-order valence-corrected chi connectivity index (χ3v) is 6.03. The highest BCUT2D eigenvalue weighted by Crippen LogP contribution is 2.32. The van der Waals surface area contributed by atoms with Crippen molar-refractivity contribution in [3.05, 3.63) is 82.8 Å². The lowest BCUT2D eigenvalue weighted by Gasteiger charge is -2.09. The Labute approximate surface area is 192 Å². The number of hydrogen-bond acceptors (Lipinski definition) is 4. The van der Waals surface area contributed by atoms with E-state index >= 15 is 0 Å². The molecule has 30 heavy (non-hydrogen) atoms. The van der Waals surface area contributed by atoms with Crippen molar-refractivity contribution in [1.29, 1.82) is 0 Å². The summed E-state index contributed by atoms with van der Waals surface area (Å²) in [6.45, 7) is 0.123. The molecular formula is C20H15Br2ClN4O3. The van der Waals surface area contributed by atoms with E-state index < -0.39 is 11.2 Å². The van der Waals surface area contributed by atoms with Crippen LogP contribution in [0.5, 0.6) is 11.8 Å². The molecule has 4 aromatic rings. The van der Waals surface area contributed by atoms with Gasteiger partial charge in [-0.05, 0) is 51.8 Å². The number of aromatic nitrogens is 4. The van der Waals surface area contributed by atoms with Gasteiger partial charge in [-0.25, -0.2) is 4.79 Å². The molecule has 0 fully saturated rings. The van der Waals surface area contributed by atoms with E-state index in [4.69, 9.17) is 16.3 Å². The summed E-state index contributed by atoms with van der Waals surface area (Å²) in [5, 5.41) is 0.585. The maximum Gasteiger partial charge on any atom is 0.332 e. The third-order valence-electron chi connectivity index (χ3n) is 4.67. The fourth-order valence-electron chi connectivity index (χ4n) is 3.08. The molecule has 0 amide bonds. The Bertz CT molecular complexity index is 1390. The molecule has 7 nitrogen and oxygen atoms in total. The van der Waals surface area contributed by atoms with Crippen LogP contribution in [0.3, 0.4) is 0 Å². The molecule has 0 saturated heterocycles. The molecule has 2 aromatic carbocycles. The summed E-state index contributed by atoms with van der Waals surface area (Å²) < 4.78 is 11.6. The number of fused-ring (bicyclic) bond motifs is 1. The van der Waals surface area contributed by atoms with Gasteiger partial charge in [0, 0.05) is 23.6 Å².